The topological polar surface area (TPSA) is 67.6 Å². The summed E-state index contributed by atoms with van der Waals surface area (Å²) in [7, 11) is -3.13. The molecular weight excluding hydrogens is 290 g/mol. The molecule has 0 saturated heterocycles. The van der Waals surface area contributed by atoms with E-state index in [9.17, 15) is 13.2 Å². The predicted octanol–water partition coefficient (Wildman–Crippen LogP) is 2.44. The van der Waals surface area contributed by atoms with Crippen molar-refractivity contribution in [3.63, 3.8) is 0 Å². The predicted molar refractivity (Wildman–Crippen MR) is 83.3 cm³/mol. The zero-order chi connectivity index (χ0) is 16.4. The van der Waals surface area contributed by atoms with E-state index in [0.717, 1.165) is 11.3 Å². The first-order chi connectivity index (χ1) is 9.45. The average molecular weight is 315 g/mol. The Morgan fingerprint density at radius 1 is 1.33 bits per heavy atom. The van der Waals surface area contributed by atoms with Gasteiger partial charge in [0.05, 0.1) is 5.75 Å². The van der Waals surface area contributed by atoms with Gasteiger partial charge in [-0.05, 0) is 33.8 Å². The second-order valence-corrected chi connectivity index (χ2v) is 8.60. The zero-order valence-electron chi connectivity index (χ0n) is 13.7. The number of carbonyl (C=O) groups is 1. The van der Waals surface area contributed by atoms with E-state index in [-0.39, 0.29) is 18.2 Å². The number of rotatable bonds is 5. The molecule has 5 nitrogen and oxygen atoms in total. The molecular formula is C15H25NO4S. The van der Waals surface area contributed by atoms with Gasteiger partial charge in [0.15, 0.2) is 5.76 Å². The number of sulfone groups is 1. The maximum Gasteiger partial charge on any atom is 0.290 e. The van der Waals surface area contributed by atoms with Gasteiger partial charge in [-0.25, -0.2) is 8.42 Å². The lowest BCUT2D eigenvalue weighted by molar-refractivity contribution is 0.0565. The number of aryl methyl sites for hydroxylation is 2. The number of carbonyl (C=O) groups excluding carboxylic acids is 1. The molecule has 0 unspecified atom stereocenters. The van der Waals surface area contributed by atoms with Gasteiger partial charge in [-0.15, -0.1) is 0 Å². The van der Waals surface area contributed by atoms with Crippen molar-refractivity contribution in [3.8, 4) is 0 Å². The third kappa shape index (κ3) is 4.88. The Morgan fingerprint density at radius 3 is 2.29 bits per heavy atom. The van der Waals surface area contributed by atoms with Crippen LogP contribution in [-0.4, -0.2) is 43.3 Å². The van der Waals surface area contributed by atoms with Crippen molar-refractivity contribution in [1.82, 2.24) is 4.90 Å². The van der Waals surface area contributed by atoms with Gasteiger partial charge in [0.1, 0.15) is 15.6 Å². The van der Waals surface area contributed by atoms with Gasteiger partial charge in [-0.1, -0.05) is 6.92 Å². The molecule has 6 heteroatoms. The smallest absolute Gasteiger partial charge is 0.290 e. The summed E-state index contributed by atoms with van der Waals surface area (Å²) < 4.78 is 28.3. The number of furan rings is 1. The van der Waals surface area contributed by atoms with Crippen molar-refractivity contribution in [1.29, 1.82) is 0 Å². The molecule has 0 bridgehead atoms. The van der Waals surface area contributed by atoms with Crippen LogP contribution in [0.2, 0.25) is 0 Å². The largest absolute Gasteiger partial charge is 0.456 e. The fourth-order valence-corrected chi connectivity index (χ4v) is 2.57. The second kappa shape index (κ2) is 6.22. The molecule has 1 rings (SSSR count). The number of hydrogen-bond donors (Lipinski definition) is 0. The molecule has 120 valence electrons. The zero-order valence-corrected chi connectivity index (χ0v) is 14.5. The molecule has 0 aliphatic rings. The van der Waals surface area contributed by atoms with Crippen LogP contribution in [0.4, 0.5) is 0 Å². The Hall–Kier alpha value is -1.30. The standard InChI is InChI=1S/C15H25NO4S/c1-7-12-10-11(2)13(20-12)14(17)16(15(3,4)5)8-9-21(6,18)19/h10H,7-9H2,1-6H3. The van der Waals surface area contributed by atoms with E-state index in [4.69, 9.17) is 4.42 Å². The summed E-state index contributed by atoms with van der Waals surface area (Å²) >= 11 is 0. The van der Waals surface area contributed by atoms with Crippen molar-refractivity contribution >= 4 is 15.7 Å². The summed E-state index contributed by atoms with van der Waals surface area (Å²) in [6.07, 6.45) is 1.89. The van der Waals surface area contributed by atoms with Gasteiger partial charge in [0, 0.05) is 30.3 Å². The molecule has 0 N–H and O–H groups in total. The van der Waals surface area contributed by atoms with E-state index >= 15 is 0 Å². The molecule has 1 heterocycles. The molecule has 0 aromatic carbocycles. The minimum absolute atomic E-state index is 0.0591. The fourth-order valence-electron chi connectivity index (χ4n) is 2.06. The Balaban J connectivity index is 3.08. The molecule has 1 amide bonds. The van der Waals surface area contributed by atoms with Crippen molar-refractivity contribution in [2.24, 2.45) is 0 Å². The fraction of sp³-hybridized carbons (Fsp3) is 0.667. The lowest BCUT2D eigenvalue weighted by atomic mass is 10.1. The Morgan fingerprint density at radius 2 is 1.90 bits per heavy atom. The van der Waals surface area contributed by atoms with Crippen LogP contribution in [0.3, 0.4) is 0 Å². The van der Waals surface area contributed by atoms with Crippen LogP contribution in [0.1, 0.15) is 49.6 Å². The van der Waals surface area contributed by atoms with Crippen molar-refractivity contribution < 1.29 is 17.6 Å². The van der Waals surface area contributed by atoms with E-state index < -0.39 is 15.4 Å². The van der Waals surface area contributed by atoms with E-state index in [2.05, 4.69) is 0 Å². The Bertz CT molecular complexity index is 608. The van der Waals surface area contributed by atoms with Crippen LogP contribution in [-0.2, 0) is 16.3 Å². The van der Waals surface area contributed by atoms with Crippen molar-refractivity contribution in [2.45, 2.75) is 46.6 Å². The van der Waals surface area contributed by atoms with Gasteiger partial charge in [0.25, 0.3) is 5.91 Å². The van der Waals surface area contributed by atoms with E-state index in [1.165, 1.54) is 6.26 Å². The highest BCUT2D eigenvalue weighted by molar-refractivity contribution is 7.90. The van der Waals surface area contributed by atoms with Crippen LogP contribution in [0.15, 0.2) is 10.5 Å². The van der Waals surface area contributed by atoms with Gasteiger partial charge in [-0.2, -0.15) is 0 Å². The molecule has 0 aliphatic heterocycles. The molecule has 0 fully saturated rings. The Labute approximate surface area is 127 Å². The summed E-state index contributed by atoms with van der Waals surface area (Å²) in [4.78, 5) is 14.3. The molecule has 21 heavy (non-hydrogen) atoms. The highest BCUT2D eigenvalue weighted by Crippen LogP contribution is 2.22. The lowest BCUT2D eigenvalue weighted by Gasteiger charge is -2.35. The third-order valence-electron chi connectivity index (χ3n) is 3.25. The summed E-state index contributed by atoms with van der Waals surface area (Å²) in [5, 5.41) is 0. The molecule has 1 aromatic rings. The number of nitrogens with zero attached hydrogens (tertiary/aromatic N) is 1. The van der Waals surface area contributed by atoms with Crippen LogP contribution in [0.25, 0.3) is 0 Å². The van der Waals surface area contributed by atoms with Crippen molar-refractivity contribution in [3.05, 3.63) is 23.2 Å². The number of amides is 1. The summed E-state index contributed by atoms with van der Waals surface area (Å²) in [5.74, 6) is 0.739. The highest BCUT2D eigenvalue weighted by Gasteiger charge is 2.31. The first kappa shape index (κ1) is 17.8. The van der Waals surface area contributed by atoms with Crippen LogP contribution < -0.4 is 0 Å². The highest BCUT2D eigenvalue weighted by atomic mass is 32.2. The van der Waals surface area contributed by atoms with Gasteiger partial charge in [-0.3, -0.25) is 4.79 Å². The third-order valence-corrected chi connectivity index (χ3v) is 4.18. The molecule has 1 aromatic heterocycles. The second-order valence-electron chi connectivity index (χ2n) is 6.34. The van der Waals surface area contributed by atoms with Gasteiger partial charge < -0.3 is 9.32 Å². The summed E-state index contributed by atoms with van der Waals surface area (Å²) in [6, 6.07) is 1.85. The van der Waals surface area contributed by atoms with E-state index in [0.29, 0.717) is 12.2 Å². The summed E-state index contributed by atoms with van der Waals surface area (Å²) in [6.45, 7) is 9.58. The molecule has 0 spiro atoms. The molecule has 0 radical (unpaired) electrons. The van der Waals surface area contributed by atoms with Crippen LogP contribution in [0, 0.1) is 6.92 Å². The maximum absolute atomic E-state index is 12.7. The first-order valence-corrected chi connectivity index (χ1v) is 9.10. The monoisotopic (exact) mass is 315 g/mol. The minimum atomic E-state index is -3.13. The number of hydrogen-bond acceptors (Lipinski definition) is 4. The van der Waals surface area contributed by atoms with E-state index in [1.54, 1.807) is 4.90 Å². The quantitative estimate of drug-likeness (QED) is 0.837. The lowest BCUT2D eigenvalue weighted by Crippen LogP contribution is -2.47. The van der Waals surface area contributed by atoms with Gasteiger partial charge >= 0.3 is 0 Å². The summed E-state index contributed by atoms with van der Waals surface area (Å²) in [5.41, 5.74) is 0.304. The molecule has 0 atom stereocenters. The Kier molecular flexibility index (Phi) is 5.25. The van der Waals surface area contributed by atoms with Crippen molar-refractivity contribution in [2.75, 3.05) is 18.6 Å². The first-order valence-electron chi connectivity index (χ1n) is 7.04. The molecule has 0 aliphatic carbocycles. The average Bonchev–Trinajstić information content (AvgIpc) is 2.67. The maximum atomic E-state index is 12.7. The normalized spacial score (nSPS) is 12.5. The molecule has 0 saturated carbocycles. The van der Waals surface area contributed by atoms with E-state index in [1.807, 2.05) is 40.7 Å². The SMILES string of the molecule is CCc1cc(C)c(C(=O)N(CCS(C)(=O)=O)C(C)(C)C)o1. The van der Waals surface area contributed by atoms with Gasteiger partial charge in [0.2, 0.25) is 0 Å². The van der Waals surface area contributed by atoms with Crippen LogP contribution >= 0.6 is 0 Å². The minimum Gasteiger partial charge on any atom is -0.456 e. The van der Waals surface area contributed by atoms with Crippen LogP contribution in [0.5, 0.6) is 0 Å².